The van der Waals surface area contributed by atoms with Crippen LogP contribution in [0.5, 0.6) is 0 Å². The number of hydrogen-bond donors (Lipinski definition) is 2. The fourth-order valence-corrected chi connectivity index (χ4v) is 4.13. The van der Waals surface area contributed by atoms with E-state index in [4.69, 9.17) is 0 Å². The van der Waals surface area contributed by atoms with Crippen molar-refractivity contribution in [2.45, 2.75) is 10.3 Å². The lowest BCUT2D eigenvalue weighted by Gasteiger charge is -2.08. The van der Waals surface area contributed by atoms with Crippen molar-refractivity contribution in [1.82, 2.24) is 40.4 Å². The minimum absolute atomic E-state index is 0.144. The molecule has 0 spiro atoms. The molecule has 4 aromatic rings. The quantitative estimate of drug-likeness (QED) is 0.329. The van der Waals surface area contributed by atoms with Gasteiger partial charge in [-0.2, -0.15) is 0 Å². The number of hydrogen-bond acceptors (Lipinski definition) is 10. The number of tetrazole rings is 2. The SMILES string of the molecule is Cn1nnnc1SCC(=O)Nc1ccc(-c2ccc(NC(=O)CSc3nnnn3C)cc2)cc1. The zero-order valence-electron chi connectivity index (χ0n) is 18.2. The first-order valence-electron chi connectivity index (χ1n) is 9.98. The molecule has 2 heterocycles. The van der Waals surface area contributed by atoms with Gasteiger partial charge >= 0.3 is 0 Å². The van der Waals surface area contributed by atoms with Crippen LogP contribution >= 0.6 is 23.5 Å². The van der Waals surface area contributed by atoms with Crippen molar-refractivity contribution in [1.29, 1.82) is 0 Å². The Morgan fingerprint density at radius 2 is 1.09 bits per heavy atom. The summed E-state index contributed by atoms with van der Waals surface area (Å²) in [7, 11) is 3.44. The third-order valence-corrected chi connectivity index (χ3v) is 6.52. The van der Waals surface area contributed by atoms with Crippen molar-refractivity contribution in [3.8, 4) is 11.1 Å². The highest BCUT2D eigenvalue weighted by Crippen LogP contribution is 2.24. The van der Waals surface area contributed by atoms with E-state index >= 15 is 0 Å². The highest BCUT2D eigenvalue weighted by Gasteiger charge is 2.10. The van der Waals surface area contributed by atoms with Gasteiger partial charge in [-0.15, -0.1) is 10.2 Å². The van der Waals surface area contributed by atoms with E-state index in [1.807, 2.05) is 48.5 Å². The highest BCUT2D eigenvalue weighted by atomic mass is 32.2. The molecule has 2 amide bonds. The van der Waals surface area contributed by atoms with E-state index in [-0.39, 0.29) is 23.3 Å². The number of thioether (sulfide) groups is 2. The lowest BCUT2D eigenvalue weighted by Crippen LogP contribution is -2.14. The first kappa shape index (κ1) is 23.4. The molecule has 0 saturated carbocycles. The first-order valence-corrected chi connectivity index (χ1v) is 12.0. The molecule has 14 heteroatoms. The van der Waals surface area contributed by atoms with Crippen LogP contribution in [0.15, 0.2) is 58.8 Å². The molecule has 2 aromatic heterocycles. The number of carbonyl (C=O) groups is 2. The predicted molar refractivity (Wildman–Crippen MR) is 128 cm³/mol. The Balaban J connectivity index is 1.27. The molecular formula is C20H20N10O2S2. The molecule has 0 aliphatic rings. The predicted octanol–water partition coefficient (Wildman–Crippen LogP) is 1.86. The molecule has 0 atom stereocenters. The van der Waals surface area contributed by atoms with Crippen molar-refractivity contribution in [2.24, 2.45) is 14.1 Å². The summed E-state index contributed by atoms with van der Waals surface area (Å²) in [5.41, 5.74) is 3.37. The maximum absolute atomic E-state index is 12.2. The minimum Gasteiger partial charge on any atom is -0.325 e. The van der Waals surface area contributed by atoms with Gasteiger partial charge in [0.2, 0.25) is 22.1 Å². The van der Waals surface area contributed by atoms with Crippen LogP contribution in [0.25, 0.3) is 11.1 Å². The standard InChI is InChI=1S/C20H20N10O2S2/c1-29-19(23-25-27-29)33-11-17(31)21-15-7-3-13(4-8-15)14-5-9-16(10-6-14)22-18(32)12-34-20-24-26-28-30(20)2/h3-10H,11-12H2,1-2H3,(H,21,31)(H,22,32). The van der Waals surface area contributed by atoms with E-state index in [1.54, 1.807) is 14.1 Å². The minimum atomic E-state index is -0.144. The van der Waals surface area contributed by atoms with Gasteiger partial charge in [0.15, 0.2) is 0 Å². The second kappa shape index (κ2) is 10.9. The Morgan fingerprint density at radius 3 is 1.41 bits per heavy atom. The molecule has 4 rings (SSSR count). The topological polar surface area (TPSA) is 145 Å². The number of aromatic nitrogens is 8. The van der Waals surface area contributed by atoms with Crippen molar-refractivity contribution >= 4 is 46.7 Å². The summed E-state index contributed by atoms with van der Waals surface area (Å²) in [6.07, 6.45) is 0. The van der Waals surface area contributed by atoms with Crippen molar-refractivity contribution in [3.63, 3.8) is 0 Å². The maximum atomic E-state index is 12.2. The van der Waals surface area contributed by atoms with E-state index in [0.717, 1.165) is 11.1 Å². The van der Waals surface area contributed by atoms with Crippen molar-refractivity contribution in [3.05, 3.63) is 48.5 Å². The average molecular weight is 497 g/mol. The van der Waals surface area contributed by atoms with Crippen LogP contribution in [0.1, 0.15) is 0 Å². The van der Waals surface area contributed by atoms with Gasteiger partial charge in [0.25, 0.3) is 0 Å². The maximum Gasteiger partial charge on any atom is 0.234 e. The second-order valence-corrected chi connectivity index (χ2v) is 8.88. The lowest BCUT2D eigenvalue weighted by atomic mass is 10.0. The van der Waals surface area contributed by atoms with E-state index < -0.39 is 0 Å². The number of nitrogens with zero attached hydrogens (tertiary/aromatic N) is 8. The summed E-state index contributed by atoms with van der Waals surface area (Å²) in [4.78, 5) is 24.3. The monoisotopic (exact) mass is 496 g/mol. The summed E-state index contributed by atoms with van der Waals surface area (Å²) >= 11 is 2.53. The summed E-state index contributed by atoms with van der Waals surface area (Å²) in [6, 6.07) is 15.1. The Kier molecular flexibility index (Phi) is 7.49. The Hall–Kier alpha value is -3.78. The second-order valence-electron chi connectivity index (χ2n) is 7.00. The van der Waals surface area contributed by atoms with Crippen LogP contribution < -0.4 is 10.6 Å². The van der Waals surface area contributed by atoms with E-state index in [2.05, 4.69) is 41.7 Å². The fraction of sp³-hybridized carbons (Fsp3) is 0.200. The van der Waals surface area contributed by atoms with E-state index in [9.17, 15) is 9.59 Å². The molecule has 0 saturated heterocycles. The zero-order chi connectivity index (χ0) is 23.9. The molecular weight excluding hydrogens is 476 g/mol. The number of carbonyl (C=O) groups excluding carboxylic acids is 2. The number of amides is 2. The Bertz CT molecular complexity index is 1170. The van der Waals surface area contributed by atoms with Crippen LogP contribution in [0.2, 0.25) is 0 Å². The van der Waals surface area contributed by atoms with Crippen LogP contribution in [0, 0.1) is 0 Å². The summed E-state index contributed by atoms with van der Waals surface area (Å²) in [5, 5.41) is 29.1. The van der Waals surface area contributed by atoms with Gasteiger partial charge in [0.05, 0.1) is 11.5 Å². The van der Waals surface area contributed by atoms with Crippen molar-refractivity contribution in [2.75, 3.05) is 22.1 Å². The number of anilines is 2. The third-order valence-electron chi connectivity index (χ3n) is 4.50. The highest BCUT2D eigenvalue weighted by molar-refractivity contribution is 8.00. The fourth-order valence-electron chi connectivity index (χ4n) is 2.83. The van der Waals surface area contributed by atoms with Gasteiger partial charge in [0, 0.05) is 25.5 Å². The van der Waals surface area contributed by atoms with Crippen molar-refractivity contribution < 1.29 is 9.59 Å². The van der Waals surface area contributed by atoms with E-state index in [1.165, 1.54) is 32.9 Å². The third kappa shape index (κ3) is 6.17. The molecule has 0 bridgehead atoms. The van der Waals surface area contributed by atoms with Crippen LogP contribution in [0.4, 0.5) is 11.4 Å². The van der Waals surface area contributed by atoms with Gasteiger partial charge in [-0.25, -0.2) is 9.36 Å². The number of rotatable bonds is 9. The molecule has 2 aromatic carbocycles. The summed E-state index contributed by atoms with van der Waals surface area (Å²) < 4.78 is 3.03. The number of nitrogens with one attached hydrogen (secondary N) is 2. The van der Waals surface area contributed by atoms with E-state index in [0.29, 0.717) is 21.7 Å². The lowest BCUT2D eigenvalue weighted by molar-refractivity contribution is -0.114. The smallest absolute Gasteiger partial charge is 0.234 e. The molecule has 12 nitrogen and oxygen atoms in total. The molecule has 0 aliphatic heterocycles. The first-order chi connectivity index (χ1) is 16.5. The van der Waals surface area contributed by atoms with Gasteiger partial charge < -0.3 is 10.6 Å². The zero-order valence-corrected chi connectivity index (χ0v) is 19.9. The Labute approximate surface area is 202 Å². The molecule has 174 valence electrons. The van der Waals surface area contributed by atoms with Gasteiger partial charge in [0.1, 0.15) is 0 Å². The van der Waals surface area contributed by atoms with Gasteiger partial charge in [-0.1, -0.05) is 47.8 Å². The van der Waals surface area contributed by atoms with Crippen LogP contribution in [0.3, 0.4) is 0 Å². The molecule has 0 aliphatic carbocycles. The molecule has 34 heavy (non-hydrogen) atoms. The Morgan fingerprint density at radius 1 is 0.706 bits per heavy atom. The molecule has 0 radical (unpaired) electrons. The van der Waals surface area contributed by atoms with Gasteiger partial charge in [-0.3, -0.25) is 9.59 Å². The number of aryl methyl sites for hydroxylation is 2. The molecule has 2 N–H and O–H groups in total. The molecule has 0 unspecified atom stereocenters. The average Bonchev–Trinajstić information content (AvgIpc) is 3.44. The normalized spacial score (nSPS) is 10.8. The molecule has 0 fully saturated rings. The summed E-state index contributed by atoms with van der Waals surface area (Å²) in [6.45, 7) is 0. The van der Waals surface area contributed by atoms with Crippen LogP contribution in [-0.2, 0) is 23.7 Å². The van der Waals surface area contributed by atoms with Gasteiger partial charge in [-0.05, 0) is 56.2 Å². The summed E-state index contributed by atoms with van der Waals surface area (Å²) in [5.74, 6) is 0.123. The number of benzene rings is 2. The largest absolute Gasteiger partial charge is 0.325 e. The van der Waals surface area contributed by atoms with Crippen LogP contribution in [-0.4, -0.2) is 63.7 Å².